The first kappa shape index (κ1) is 15.4. The van der Waals surface area contributed by atoms with Gasteiger partial charge in [0.15, 0.2) is 0 Å². The van der Waals surface area contributed by atoms with Gasteiger partial charge in [0.05, 0.1) is 24.4 Å². The van der Waals surface area contributed by atoms with E-state index in [1.807, 2.05) is 18.2 Å². The number of carbonyl (C=O) groups is 2. The molecule has 6 atom stereocenters. The molecule has 6 nitrogen and oxygen atoms in total. The number of epoxide rings is 1. The lowest BCUT2D eigenvalue weighted by molar-refractivity contribution is -0.0102. The number of hydrogen-bond donors (Lipinski definition) is 1. The van der Waals surface area contributed by atoms with E-state index in [1.54, 1.807) is 19.1 Å². The van der Waals surface area contributed by atoms with Gasteiger partial charge in [-0.2, -0.15) is 0 Å². The van der Waals surface area contributed by atoms with Crippen molar-refractivity contribution >= 4 is 12.1 Å². The smallest absolute Gasteiger partial charge is 0.407 e. The SMILES string of the molecule is CCOC(=O)NC1C2CC(OC(=O)c3ccccc3)CC1[C@@H]1O[C@H]21. The molecule has 1 aromatic carbocycles. The predicted octanol–water partition coefficient (Wildman–Crippen LogP) is 2.13. The molecular formula is C18H21NO5. The second kappa shape index (κ2) is 6.09. The minimum atomic E-state index is -0.376. The van der Waals surface area contributed by atoms with E-state index in [-0.39, 0.29) is 48.3 Å². The summed E-state index contributed by atoms with van der Waals surface area (Å²) in [5, 5.41) is 2.97. The maximum Gasteiger partial charge on any atom is 0.407 e. The largest absolute Gasteiger partial charge is 0.459 e. The zero-order valence-electron chi connectivity index (χ0n) is 13.5. The summed E-state index contributed by atoms with van der Waals surface area (Å²) >= 11 is 0. The number of ether oxygens (including phenoxy) is 3. The molecule has 3 fully saturated rings. The van der Waals surface area contributed by atoms with Crippen LogP contribution in [0.3, 0.4) is 0 Å². The topological polar surface area (TPSA) is 77.2 Å². The van der Waals surface area contributed by atoms with Gasteiger partial charge < -0.3 is 19.5 Å². The average molecular weight is 331 g/mol. The third-order valence-corrected chi connectivity index (χ3v) is 5.24. The van der Waals surface area contributed by atoms with Crippen molar-refractivity contribution in [2.24, 2.45) is 11.8 Å². The van der Waals surface area contributed by atoms with Gasteiger partial charge in [0.25, 0.3) is 0 Å². The fourth-order valence-electron chi connectivity index (χ4n) is 4.23. The van der Waals surface area contributed by atoms with Gasteiger partial charge in [-0.15, -0.1) is 0 Å². The van der Waals surface area contributed by atoms with Crippen molar-refractivity contribution in [2.45, 2.75) is 44.1 Å². The Morgan fingerprint density at radius 2 is 1.83 bits per heavy atom. The van der Waals surface area contributed by atoms with Crippen LogP contribution in [0.15, 0.2) is 30.3 Å². The monoisotopic (exact) mass is 331 g/mol. The molecule has 3 aliphatic rings. The molecule has 0 aromatic heterocycles. The van der Waals surface area contributed by atoms with Crippen molar-refractivity contribution in [3.8, 4) is 0 Å². The summed E-state index contributed by atoms with van der Waals surface area (Å²) in [6.45, 7) is 2.14. The molecule has 1 saturated heterocycles. The molecule has 0 radical (unpaired) electrons. The van der Waals surface area contributed by atoms with E-state index in [9.17, 15) is 9.59 Å². The van der Waals surface area contributed by atoms with Crippen LogP contribution in [0, 0.1) is 11.8 Å². The molecule has 2 bridgehead atoms. The Balaban J connectivity index is 1.39. The van der Waals surface area contributed by atoms with Gasteiger partial charge in [-0.25, -0.2) is 9.59 Å². The van der Waals surface area contributed by atoms with Crippen molar-refractivity contribution in [2.75, 3.05) is 6.61 Å². The number of esters is 1. The van der Waals surface area contributed by atoms with Gasteiger partial charge in [0.2, 0.25) is 0 Å². The lowest BCUT2D eigenvalue weighted by Crippen LogP contribution is -2.50. The zero-order chi connectivity index (χ0) is 16.7. The van der Waals surface area contributed by atoms with Crippen LogP contribution in [0.5, 0.6) is 0 Å². The first-order valence-electron chi connectivity index (χ1n) is 8.52. The molecule has 2 saturated carbocycles. The first-order chi connectivity index (χ1) is 11.7. The molecule has 2 aliphatic carbocycles. The van der Waals surface area contributed by atoms with Gasteiger partial charge in [0.1, 0.15) is 6.10 Å². The minimum absolute atomic E-state index is 0.0551. The summed E-state index contributed by atoms with van der Waals surface area (Å²) in [7, 11) is 0. The number of rotatable bonds is 4. The molecule has 1 aromatic rings. The quantitative estimate of drug-likeness (QED) is 0.675. The third-order valence-electron chi connectivity index (χ3n) is 5.24. The standard InChI is InChI=1S/C18H21NO5/c1-2-22-18(21)19-14-12-8-11(9-13(14)16-15(12)24-16)23-17(20)10-6-4-3-5-7-10/h3-7,11-16H,2,8-9H2,1H3,(H,19,21)/t11?,12?,13?,14?,15-,16+. The fourth-order valence-corrected chi connectivity index (χ4v) is 4.23. The van der Waals surface area contributed by atoms with E-state index in [0.717, 1.165) is 0 Å². The van der Waals surface area contributed by atoms with Crippen LogP contribution in [-0.4, -0.2) is 43.0 Å². The summed E-state index contributed by atoms with van der Waals surface area (Å²) in [6.07, 6.45) is 1.30. The van der Waals surface area contributed by atoms with E-state index in [0.29, 0.717) is 25.0 Å². The fraction of sp³-hybridized carbons (Fsp3) is 0.556. The Kier molecular flexibility index (Phi) is 3.92. The molecule has 128 valence electrons. The lowest BCUT2D eigenvalue weighted by atomic mass is 9.81. The highest BCUT2D eigenvalue weighted by molar-refractivity contribution is 5.89. The summed E-state index contributed by atoms with van der Waals surface area (Å²) in [6, 6.07) is 9.08. The predicted molar refractivity (Wildman–Crippen MR) is 84.5 cm³/mol. The van der Waals surface area contributed by atoms with Crippen LogP contribution >= 0.6 is 0 Å². The molecular weight excluding hydrogens is 310 g/mol. The summed E-state index contributed by atoms with van der Waals surface area (Å²) in [5.74, 6) is 0.0878. The zero-order valence-corrected chi connectivity index (χ0v) is 13.5. The molecule has 0 spiro atoms. The van der Waals surface area contributed by atoms with E-state index < -0.39 is 0 Å². The number of alkyl carbamates (subject to hydrolysis) is 1. The normalized spacial score (nSPS) is 35.7. The number of nitrogens with one attached hydrogen (secondary N) is 1. The Bertz CT molecular complexity index is 616. The minimum Gasteiger partial charge on any atom is -0.459 e. The number of amides is 1. The van der Waals surface area contributed by atoms with Gasteiger partial charge >= 0.3 is 12.1 Å². The Hall–Kier alpha value is -2.08. The lowest BCUT2D eigenvalue weighted by Gasteiger charge is -2.37. The Labute approximate surface area is 140 Å². The number of carbonyl (C=O) groups excluding carboxylic acids is 2. The van der Waals surface area contributed by atoms with Crippen molar-refractivity contribution in [1.82, 2.24) is 5.32 Å². The molecule has 24 heavy (non-hydrogen) atoms. The van der Waals surface area contributed by atoms with E-state index >= 15 is 0 Å². The van der Waals surface area contributed by atoms with Crippen LogP contribution in [0.2, 0.25) is 0 Å². The molecule has 1 amide bonds. The second-order valence-electron chi connectivity index (χ2n) is 6.65. The summed E-state index contributed by atoms with van der Waals surface area (Å²) < 4.78 is 16.4. The molecule has 1 aliphatic heterocycles. The maximum atomic E-state index is 12.2. The van der Waals surface area contributed by atoms with Gasteiger partial charge in [-0.1, -0.05) is 18.2 Å². The van der Waals surface area contributed by atoms with Crippen LogP contribution in [0.25, 0.3) is 0 Å². The van der Waals surface area contributed by atoms with Crippen molar-refractivity contribution in [1.29, 1.82) is 0 Å². The third kappa shape index (κ3) is 2.75. The van der Waals surface area contributed by atoms with Crippen LogP contribution in [0.4, 0.5) is 4.79 Å². The number of hydrogen-bond acceptors (Lipinski definition) is 5. The highest BCUT2D eigenvalue weighted by Crippen LogP contribution is 2.54. The Morgan fingerprint density at radius 3 is 2.46 bits per heavy atom. The van der Waals surface area contributed by atoms with Crippen LogP contribution in [0.1, 0.15) is 30.1 Å². The first-order valence-corrected chi connectivity index (χ1v) is 8.52. The van der Waals surface area contributed by atoms with Crippen LogP contribution < -0.4 is 5.32 Å². The van der Waals surface area contributed by atoms with Crippen LogP contribution in [-0.2, 0) is 14.2 Å². The van der Waals surface area contributed by atoms with E-state index in [1.165, 1.54) is 0 Å². The van der Waals surface area contributed by atoms with Crippen molar-refractivity contribution in [3.63, 3.8) is 0 Å². The molecule has 4 unspecified atom stereocenters. The highest BCUT2D eigenvalue weighted by atomic mass is 16.6. The molecule has 6 heteroatoms. The second-order valence-corrected chi connectivity index (χ2v) is 6.65. The average Bonchev–Trinajstić information content (AvgIpc) is 3.33. The van der Waals surface area contributed by atoms with Gasteiger partial charge in [0, 0.05) is 17.9 Å². The van der Waals surface area contributed by atoms with Crippen molar-refractivity contribution in [3.05, 3.63) is 35.9 Å². The van der Waals surface area contributed by atoms with Crippen molar-refractivity contribution < 1.29 is 23.8 Å². The highest BCUT2D eigenvalue weighted by Gasteiger charge is 2.65. The summed E-state index contributed by atoms with van der Waals surface area (Å²) in [5.41, 5.74) is 0.568. The molecule has 1 N–H and O–H groups in total. The molecule has 4 rings (SSSR count). The maximum absolute atomic E-state index is 12.2. The van der Waals surface area contributed by atoms with E-state index in [4.69, 9.17) is 14.2 Å². The van der Waals surface area contributed by atoms with Gasteiger partial charge in [-0.3, -0.25) is 0 Å². The summed E-state index contributed by atoms with van der Waals surface area (Å²) in [4.78, 5) is 24.0. The number of fused-ring (bicyclic) bond motifs is 5. The number of benzene rings is 1. The van der Waals surface area contributed by atoms with E-state index in [2.05, 4.69) is 5.32 Å². The Morgan fingerprint density at radius 1 is 1.17 bits per heavy atom. The van der Waals surface area contributed by atoms with Gasteiger partial charge in [-0.05, 0) is 31.9 Å². The molecule has 1 heterocycles.